The first-order valence-corrected chi connectivity index (χ1v) is 6.41. The van der Waals surface area contributed by atoms with Gasteiger partial charge in [-0.05, 0) is 52.3 Å². The average molecular weight is 252 g/mol. The highest BCUT2D eigenvalue weighted by atomic mass is 16.5. The average Bonchev–Trinajstić information content (AvgIpc) is 2.26. The van der Waals surface area contributed by atoms with E-state index in [1.165, 1.54) is 0 Å². The summed E-state index contributed by atoms with van der Waals surface area (Å²) in [7, 11) is 0. The van der Waals surface area contributed by atoms with E-state index >= 15 is 0 Å². The first-order chi connectivity index (χ1) is 8.33. The van der Waals surface area contributed by atoms with Gasteiger partial charge in [0.2, 0.25) is 0 Å². The molecule has 0 fully saturated rings. The summed E-state index contributed by atoms with van der Waals surface area (Å²) in [6, 6.07) is 5.73. The van der Waals surface area contributed by atoms with E-state index in [-0.39, 0.29) is 5.60 Å². The van der Waals surface area contributed by atoms with E-state index in [2.05, 4.69) is 0 Å². The van der Waals surface area contributed by atoms with E-state index in [1.54, 1.807) is 6.92 Å². The van der Waals surface area contributed by atoms with Crippen molar-refractivity contribution in [1.29, 1.82) is 0 Å². The molecule has 0 heterocycles. The van der Waals surface area contributed by atoms with Gasteiger partial charge in [0.25, 0.3) is 0 Å². The largest absolute Gasteiger partial charge is 0.494 e. The van der Waals surface area contributed by atoms with Crippen LogP contribution in [0.1, 0.15) is 51.8 Å². The van der Waals surface area contributed by atoms with Crippen molar-refractivity contribution in [3.63, 3.8) is 0 Å². The van der Waals surface area contributed by atoms with Gasteiger partial charge in [-0.1, -0.05) is 6.07 Å². The lowest BCUT2D eigenvalue weighted by Gasteiger charge is -2.21. The summed E-state index contributed by atoms with van der Waals surface area (Å²) in [5.74, 6) is 0.825. The van der Waals surface area contributed by atoms with Gasteiger partial charge < -0.3 is 14.6 Å². The fourth-order valence-corrected chi connectivity index (χ4v) is 1.56. The number of aliphatic hydroxyl groups excluding tert-OH is 1. The van der Waals surface area contributed by atoms with Crippen LogP contribution in [-0.4, -0.2) is 17.3 Å². The third kappa shape index (κ3) is 4.67. The standard InChI is InChI=1S/C15H24O3/c1-6-17-14-8-7-12(11(2)16)9-13(14)10-18-15(3,4)5/h7-9,11,16H,6,10H2,1-5H3. The zero-order chi connectivity index (χ0) is 13.8. The fraction of sp³-hybridized carbons (Fsp3) is 0.600. The van der Waals surface area contributed by atoms with E-state index in [0.717, 1.165) is 16.9 Å². The SMILES string of the molecule is CCOc1ccc(C(C)O)cc1COC(C)(C)C. The third-order valence-corrected chi connectivity index (χ3v) is 2.53. The highest BCUT2D eigenvalue weighted by molar-refractivity contribution is 5.37. The van der Waals surface area contributed by atoms with Gasteiger partial charge in [-0.3, -0.25) is 0 Å². The Bertz CT molecular complexity index is 378. The number of aliphatic hydroxyl groups is 1. The van der Waals surface area contributed by atoms with Crippen molar-refractivity contribution in [2.45, 2.75) is 52.9 Å². The lowest BCUT2D eigenvalue weighted by molar-refractivity contribution is -0.0158. The Kier molecular flexibility index (Phi) is 5.17. The Hall–Kier alpha value is -1.06. The maximum Gasteiger partial charge on any atom is 0.124 e. The van der Waals surface area contributed by atoms with Gasteiger partial charge in [0, 0.05) is 5.56 Å². The maximum absolute atomic E-state index is 9.62. The third-order valence-electron chi connectivity index (χ3n) is 2.53. The van der Waals surface area contributed by atoms with Crippen LogP contribution in [0, 0.1) is 0 Å². The molecule has 0 aliphatic heterocycles. The molecule has 0 amide bonds. The summed E-state index contributed by atoms with van der Waals surface area (Å²) in [5, 5.41) is 9.62. The van der Waals surface area contributed by atoms with E-state index in [9.17, 15) is 5.11 Å². The summed E-state index contributed by atoms with van der Waals surface area (Å²) in [4.78, 5) is 0. The van der Waals surface area contributed by atoms with Gasteiger partial charge in [-0.2, -0.15) is 0 Å². The topological polar surface area (TPSA) is 38.7 Å². The van der Waals surface area contributed by atoms with Crippen LogP contribution in [0.2, 0.25) is 0 Å². The summed E-state index contributed by atoms with van der Waals surface area (Å²) in [6.45, 7) is 10.9. The molecule has 1 N–H and O–H groups in total. The molecule has 0 saturated carbocycles. The molecule has 1 aromatic carbocycles. The number of benzene rings is 1. The van der Waals surface area contributed by atoms with Crippen LogP contribution in [0.25, 0.3) is 0 Å². The normalized spacial score (nSPS) is 13.4. The summed E-state index contributed by atoms with van der Waals surface area (Å²) in [5.41, 5.74) is 1.67. The maximum atomic E-state index is 9.62. The van der Waals surface area contributed by atoms with E-state index < -0.39 is 6.10 Å². The second-order valence-electron chi connectivity index (χ2n) is 5.38. The second kappa shape index (κ2) is 6.21. The van der Waals surface area contributed by atoms with Crippen LogP contribution in [0.3, 0.4) is 0 Å². The highest BCUT2D eigenvalue weighted by Gasteiger charge is 2.13. The molecule has 0 spiro atoms. The molecule has 18 heavy (non-hydrogen) atoms. The molecule has 1 atom stereocenters. The molecule has 1 rings (SSSR count). The van der Waals surface area contributed by atoms with Crippen molar-refractivity contribution >= 4 is 0 Å². The molecule has 0 bridgehead atoms. The van der Waals surface area contributed by atoms with Gasteiger partial charge >= 0.3 is 0 Å². The molecule has 0 aliphatic carbocycles. The Morgan fingerprint density at radius 3 is 2.44 bits per heavy atom. The summed E-state index contributed by atoms with van der Waals surface area (Å²) in [6.07, 6.45) is -0.478. The van der Waals surface area contributed by atoms with Crippen molar-refractivity contribution in [3.05, 3.63) is 29.3 Å². The molecule has 0 saturated heterocycles. The van der Waals surface area contributed by atoms with Crippen molar-refractivity contribution in [2.75, 3.05) is 6.61 Å². The first kappa shape index (κ1) is 15.0. The van der Waals surface area contributed by atoms with E-state index in [0.29, 0.717) is 13.2 Å². The van der Waals surface area contributed by atoms with Gasteiger partial charge in [0.15, 0.2) is 0 Å². The van der Waals surface area contributed by atoms with Crippen molar-refractivity contribution in [3.8, 4) is 5.75 Å². The molecule has 0 aromatic heterocycles. The van der Waals surface area contributed by atoms with Gasteiger partial charge in [0.1, 0.15) is 5.75 Å². The smallest absolute Gasteiger partial charge is 0.124 e. The van der Waals surface area contributed by atoms with Crippen molar-refractivity contribution in [2.24, 2.45) is 0 Å². The molecule has 1 unspecified atom stereocenters. The Morgan fingerprint density at radius 1 is 1.28 bits per heavy atom. The minimum absolute atomic E-state index is 0.190. The van der Waals surface area contributed by atoms with Crippen LogP contribution in [0.15, 0.2) is 18.2 Å². The predicted octanol–water partition coefficient (Wildman–Crippen LogP) is 3.45. The summed E-state index contributed by atoms with van der Waals surface area (Å²) >= 11 is 0. The number of hydrogen-bond acceptors (Lipinski definition) is 3. The van der Waals surface area contributed by atoms with Crippen molar-refractivity contribution in [1.82, 2.24) is 0 Å². The molecule has 102 valence electrons. The molecule has 1 aromatic rings. The lowest BCUT2D eigenvalue weighted by atomic mass is 10.1. The second-order valence-corrected chi connectivity index (χ2v) is 5.38. The van der Waals surface area contributed by atoms with Crippen LogP contribution in [0.4, 0.5) is 0 Å². The van der Waals surface area contributed by atoms with Gasteiger partial charge in [0.05, 0.1) is 24.9 Å². The Labute approximate surface area is 110 Å². The number of ether oxygens (including phenoxy) is 2. The number of hydrogen-bond donors (Lipinski definition) is 1. The molecule has 3 nitrogen and oxygen atoms in total. The molecular formula is C15H24O3. The predicted molar refractivity (Wildman–Crippen MR) is 72.8 cm³/mol. The minimum Gasteiger partial charge on any atom is -0.494 e. The quantitative estimate of drug-likeness (QED) is 0.872. The molecule has 0 aliphatic rings. The van der Waals surface area contributed by atoms with Crippen LogP contribution in [-0.2, 0) is 11.3 Å². The zero-order valence-electron chi connectivity index (χ0n) is 12.0. The van der Waals surface area contributed by atoms with Crippen LogP contribution in [0.5, 0.6) is 5.75 Å². The number of rotatable bonds is 5. The van der Waals surface area contributed by atoms with Gasteiger partial charge in [-0.25, -0.2) is 0 Å². The zero-order valence-corrected chi connectivity index (χ0v) is 12.0. The van der Waals surface area contributed by atoms with Crippen LogP contribution >= 0.6 is 0 Å². The minimum atomic E-state index is -0.478. The van der Waals surface area contributed by atoms with E-state index in [4.69, 9.17) is 9.47 Å². The van der Waals surface area contributed by atoms with E-state index in [1.807, 2.05) is 45.9 Å². The van der Waals surface area contributed by atoms with Gasteiger partial charge in [-0.15, -0.1) is 0 Å². The fourth-order valence-electron chi connectivity index (χ4n) is 1.56. The molecule has 3 heteroatoms. The molecular weight excluding hydrogens is 228 g/mol. The molecule has 0 radical (unpaired) electrons. The highest BCUT2D eigenvalue weighted by Crippen LogP contribution is 2.25. The Morgan fingerprint density at radius 2 is 1.94 bits per heavy atom. The van der Waals surface area contributed by atoms with Crippen molar-refractivity contribution < 1.29 is 14.6 Å². The monoisotopic (exact) mass is 252 g/mol. The van der Waals surface area contributed by atoms with Crippen LogP contribution < -0.4 is 4.74 Å². The summed E-state index contributed by atoms with van der Waals surface area (Å²) < 4.78 is 11.4. The first-order valence-electron chi connectivity index (χ1n) is 6.41. The Balaban J connectivity index is 2.92. The lowest BCUT2D eigenvalue weighted by Crippen LogP contribution is -2.19.